The van der Waals surface area contributed by atoms with Crippen molar-refractivity contribution in [2.24, 2.45) is 0 Å². The van der Waals surface area contributed by atoms with E-state index in [1.807, 2.05) is 19.1 Å². The van der Waals surface area contributed by atoms with E-state index < -0.39 is 22.0 Å². The van der Waals surface area contributed by atoms with Gasteiger partial charge in [-0.2, -0.15) is 4.31 Å². The van der Waals surface area contributed by atoms with Crippen LogP contribution in [0.4, 0.5) is 0 Å². The Morgan fingerprint density at radius 1 is 1.13 bits per heavy atom. The van der Waals surface area contributed by atoms with Gasteiger partial charge in [-0.1, -0.05) is 29.8 Å². The van der Waals surface area contributed by atoms with Gasteiger partial charge < -0.3 is 14.2 Å². The van der Waals surface area contributed by atoms with Crippen LogP contribution in [0, 0.1) is 6.92 Å². The summed E-state index contributed by atoms with van der Waals surface area (Å²) in [5.74, 6) is 0.764. The van der Waals surface area contributed by atoms with Crippen LogP contribution in [-0.2, 0) is 26.0 Å². The highest BCUT2D eigenvalue weighted by atomic mass is 32.2. The van der Waals surface area contributed by atoms with Gasteiger partial charge in [-0.05, 0) is 50.1 Å². The third kappa shape index (κ3) is 3.80. The lowest BCUT2D eigenvalue weighted by Gasteiger charge is -2.26. The lowest BCUT2D eigenvalue weighted by atomic mass is 10.0. The van der Waals surface area contributed by atoms with E-state index in [0.29, 0.717) is 23.5 Å². The average Bonchev–Trinajstić information content (AvgIpc) is 3.35. The molecule has 0 fully saturated rings. The Morgan fingerprint density at radius 2 is 1.87 bits per heavy atom. The van der Waals surface area contributed by atoms with E-state index in [0.717, 1.165) is 11.1 Å². The number of ether oxygens (including phenoxy) is 3. The molecule has 0 aromatic heterocycles. The summed E-state index contributed by atoms with van der Waals surface area (Å²) in [5.41, 5.74) is 2.16. The molecule has 7 nitrogen and oxygen atoms in total. The summed E-state index contributed by atoms with van der Waals surface area (Å²) in [6.45, 7) is 4.11. The van der Waals surface area contributed by atoms with E-state index in [4.69, 9.17) is 14.2 Å². The predicted molar refractivity (Wildman–Crippen MR) is 110 cm³/mol. The number of aryl methyl sites for hydroxylation is 1. The highest BCUT2D eigenvalue weighted by molar-refractivity contribution is 7.89. The van der Waals surface area contributed by atoms with Gasteiger partial charge >= 0.3 is 5.97 Å². The van der Waals surface area contributed by atoms with Crippen molar-refractivity contribution < 1.29 is 27.4 Å². The van der Waals surface area contributed by atoms with E-state index in [9.17, 15) is 13.2 Å². The molecule has 2 aliphatic rings. The molecule has 0 radical (unpaired) electrons. The molecule has 30 heavy (non-hydrogen) atoms. The number of benzene rings is 2. The molecule has 0 saturated heterocycles. The van der Waals surface area contributed by atoms with Crippen LogP contribution in [0.1, 0.15) is 18.1 Å². The number of carbonyl (C=O) groups is 1. The first-order valence-electron chi connectivity index (χ1n) is 9.74. The van der Waals surface area contributed by atoms with Crippen molar-refractivity contribution in [1.29, 1.82) is 0 Å². The van der Waals surface area contributed by atoms with Gasteiger partial charge in [0.15, 0.2) is 11.5 Å². The van der Waals surface area contributed by atoms with Gasteiger partial charge in [0, 0.05) is 6.54 Å². The summed E-state index contributed by atoms with van der Waals surface area (Å²) in [4.78, 5) is 12.7. The summed E-state index contributed by atoms with van der Waals surface area (Å²) < 4.78 is 44.0. The Kier molecular flexibility index (Phi) is 5.53. The number of sulfonamides is 1. The van der Waals surface area contributed by atoms with Crippen molar-refractivity contribution in [3.05, 3.63) is 65.2 Å². The molecule has 1 atom stereocenters. The molecule has 2 heterocycles. The molecule has 2 aromatic rings. The molecule has 1 unspecified atom stereocenters. The molecule has 0 bridgehead atoms. The Labute approximate surface area is 175 Å². The van der Waals surface area contributed by atoms with E-state index in [2.05, 4.69) is 0 Å². The molecule has 0 aliphatic carbocycles. The SMILES string of the molecule is CCOC(=O)C1=CCN(S(=O)(=O)c2ccc(C)cc2)C1Cc1ccc2c(c1)OCO2. The molecule has 2 aromatic carbocycles. The van der Waals surface area contributed by atoms with Gasteiger partial charge in [0.05, 0.1) is 23.1 Å². The second kappa shape index (κ2) is 8.12. The van der Waals surface area contributed by atoms with E-state index in [-0.39, 0.29) is 24.8 Å². The Hall–Kier alpha value is -2.84. The minimum absolute atomic E-state index is 0.111. The average molecular weight is 429 g/mol. The third-order valence-corrected chi connectivity index (χ3v) is 7.09. The quantitative estimate of drug-likeness (QED) is 0.657. The monoisotopic (exact) mass is 429 g/mol. The van der Waals surface area contributed by atoms with Crippen LogP contribution < -0.4 is 9.47 Å². The van der Waals surface area contributed by atoms with Gasteiger partial charge in [-0.15, -0.1) is 0 Å². The first kappa shape index (κ1) is 20.4. The summed E-state index contributed by atoms with van der Waals surface area (Å²) in [7, 11) is -3.80. The van der Waals surface area contributed by atoms with Crippen molar-refractivity contribution >= 4 is 16.0 Å². The number of esters is 1. The fourth-order valence-corrected chi connectivity index (χ4v) is 5.20. The van der Waals surface area contributed by atoms with Gasteiger partial charge in [0.25, 0.3) is 0 Å². The number of carbonyl (C=O) groups excluding carboxylic acids is 1. The largest absolute Gasteiger partial charge is 0.463 e. The molecule has 0 N–H and O–H groups in total. The summed E-state index contributed by atoms with van der Waals surface area (Å²) >= 11 is 0. The number of hydrogen-bond acceptors (Lipinski definition) is 6. The van der Waals surface area contributed by atoms with Crippen LogP contribution in [0.2, 0.25) is 0 Å². The maximum Gasteiger partial charge on any atom is 0.335 e. The maximum atomic E-state index is 13.4. The van der Waals surface area contributed by atoms with Crippen molar-refractivity contribution in [2.75, 3.05) is 19.9 Å². The van der Waals surface area contributed by atoms with E-state index >= 15 is 0 Å². The zero-order chi connectivity index (χ0) is 21.3. The van der Waals surface area contributed by atoms with Gasteiger partial charge in [0.2, 0.25) is 16.8 Å². The van der Waals surface area contributed by atoms with Crippen LogP contribution in [0.5, 0.6) is 11.5 Å². The van der Waals surface area contributed by atoms with Crippen molar-refractivity contribution in [3.8, 4) is 11.5 Å². The Morgan fingerprint density at radius 3 is 2.60 bits per heavy atom. The normalized spacial score (nSPS) is 18.3. The number of fused-ring (bicyclic) bond motifs is 1. The molecule has 0 saturated carbocycles. The standard InChI is InChI=1S/C22H23NO6S/c1-3-27-22(24)18-10-11-23(30(25,26)17-7-4-15(2)5-8-17)19(18)12-16-6-9-20-21(13-16)29-14-28-20/h4-10,13,19H,3,11-12,14H2,1-2H3. The number of rotatable bonds is 6. The Bertz CT molecular complexity index is 1090. The first-order valence-corrected chi connectivity index (χ1v) is 11.2. The molecule has 8 heteroatoms. The predicted octanol–water partition coefficient (Wildman–Crippen LogP) is 2.83. The maximum absolute atomic E-state index is 13.4. The summed E-state index contributed by atoms with van der Waals surface area (Å²) in [5, 5.41) is 0. The Balaban J connectivity index is 1.67. The highest BCUT2D eigenvalue weighted by Gasteiger charge is 2.40. The molecule has 158 valence electrons. The van der Waals surface area contributed by atoms with E-state index in [1.54, 1.807) is 43.3 Å². The van der Waals surface area contributed by atoms with Crippen molar-refractivity contribution in [1.82, 2.24) is 4.31 Å². The topological polar surface area (TPSA) is 82.1 Å². The highest BCUT2D eigenvalue weighted by Crippen LogP contribution is 2.35. The summed E-state index contributed by atoms with van der Waals surface area (Å²) in [6.07, 6.45) is 1.95. The minimum Gasteiger partial charge on any atom is -0.463 e. The second-order valence-corrected chi connectivity index (χ2v) is 9.07. The van der Waals surface area contributed by atoms with Crippen LogP contribution in [0.25, 0.3) is 0 Å². The molecular formula is C22H23NO6S. The molecule has 0 spiro atoms. The number of nitrogens with zero attached hydrogens (tertiary/aromatic N) is 1. The molecule has 4 rings (SSSR count). The minimum atomic E-state index is -3.80. The zero-order valence-electron chi connectivity index (χ0n) is 16.8. The molecule has 0 amide bonds. The smallest absolute Gasteiger partial charge is 0.335 e. The van der Waals surface area contributed by atoms with Gasteiger partial charge in [-0.3, -0.25) is 0 Å². The zero-order valence-corrected chi connectivity index (χ0v) is 17.6. The van der Waals surface area contributed by atoms with Crippen LogP contribution in [0.3, 0.4) is 0 Å². The first-order chi connectivity index (χ1) is 14.4. The molecular weight excluding hydrogens is 406 g/mol. The second-order valence-electron chi connectivity index (χ2n) is 7.18. The van der Waals surface area contributed by atoms with Crippen molar-refractivity contribution in [2.45, 2.75) is 31.2 Å². The number of hydrogen-bond donors (Lipinski definition) is 0. The van der Waals surface area contributed by atoms with Crippen LogP contribution in [-0.4, -0.2) is 44.7 Å². The molecule has 2 aliphatic heterocycles. The van der Waals surface area contributed by atoms with Gasteiger partial charge in [-0.25, -0.2) is 13.2 Å². The van der Waals surface area contributed by atoms with Crippen LogP contribution in [0.15, 0.2) is 59.0 Å². The lowest BCUT2D eigenvalue weighted by Crippen LogP contribution is -2.40. The van der Waals surface area contributed by atoms with Crippen LogP contribution >= 0.6 is 0 Å². The summed E-state index contributed by atoms with van der Waals surface area (Å²) in [6, 6.07) is 11.5. The van der Waals surface area contributed by atoms with Gasteiger partial charge in [0.1, 0.15) is 0 Å². The van der Waals surface area contributed by atoms with E-state index in [1.165, 1.54) is 4.31 Å². The van der Waals surface area contributed by atoms with Crippen molar-refractivity contribution in [3.63, 3.8) is 0 Å². The lowest BCUT2D eigenvalue weighted by molar-refractivity contribution is -0.138. The third-order valence-electron chi connectivity index (χ3n) is 5.20. The fraction of sp³-hybridized carbons (Fsp3) is 0.318. The fourth-order valence-electron chi connectivity index (χ4n) is 3.65.